The summed E-state index contributed by atoms with van der Waals surface area (Å²) in [6.07, 6.45) is 0. The summed E-state index contributed by atoms with van der Waals surface area (Å²) in [5.74, 6) is -2.75. The SMILES string of the molecule is CCS(=O)(=O)c1cc([N+](=O)[O-])c(C(=O)OC(C)(C)C)cc1F. The van der Waals surface area contributed by atoms with Gasteiger partial charge in [0, 0.05) is 6.07 Å². The van der Waals surface area contributed by atoms with Gasteiger partial charge in [0.05, 0.1) is 10.7 Å². The van der Waals surface area contributed by atoms with Crippen molar-refractivity contribution in [3.05, 3.63) is 33.6 Å². The fourth-order valence-electron chi connectivity index (χ4n) is 1.58. The zero-order valence-corrected chi connectivity index (χ0v) is 13.4. The molecule has 0 saturated carbocycles. The van der Waals surface area contributed by atoms with E-state index in [1.165, 1.54) is 6.92 Å². The molecule has 0 aliphatic carbocycles. The summed E-state index contributed by atoms with van der Waals surface area (Å²) >= 11 is 0. The van der Waals surface area contributed by atoms with E-state index < -0.39 is 54.0 Å². The van der Waals surface area contributed by atoms with Gasteiger partial charge >= 0.3 is 5.97 Å². The van der Waals surface area contributed by atoms with E-state index in [-0.39, 0.29) is 0 Å². The van der Waals surface area contributed by atoms with E-state index in [0.717, 1.165) is 0 Å². The molecule has 0 bridgehead atoms. The lowest BCUT2D eigenvalue weighted by molar-refractivity contribution is -0.385. The van der Waals surface area contributed by atoms with Crippen LogP contribution in [-0.2, 0) is 14.6 Å². The average Bonchev–Trinajstić information content (AvgIpc) is 2.35. The predicted octanol–water partition coefficient (Wildman–Crippen LogP) is 2.48. The third-order valence-electron chi connectivity index (χ3n) is 2.58. The molecule has 7 nitrogen and oxygen atoms in total. The van der Waals surface area contributed by atoms with Crippen LogP contribution in [0.25, 0.3) is 0 Å². The summed E-state index contributed by atoms with van der Waals surface area (Å²) in [5, 5.41) is 11.1. The van der Waals surface area contributed by atoms with Crippen LogP contribution in [0.3, 0.4) is 0 Å². The molecule has 0 spiro atoms. The van der Waals surface area contributed by atoms with Gasteiger partial charge in [-0.25, -0.2) is 17.6 Å². The van der Waals surface area contributed by atoms with E-state index in [9.17, 15) is 27.7 Å². The van der Waals surface area contributed by atoms with Gasteiger partial charge in [-0.2, -0.15) is 0 Å². The normalized spacial score (nSPS) is 12.0. The topological polar surface area (TPSA) is 104 Å². The summed E-state index contributed by atoms with van der Waals surface area (Å²) in [7, 11) is -3.99. The maximum absolute atomic E-state index is 14.0. The van der Waals surface area contributed by atoms with Gasteiger partial charge in [0.2, 0.25) is 0 Å². The number of hydrogen-bond acceptors (Lipinski definition) is 6. The number of halogens is 1. The van der Waals surface area contributed by atoms with Gasteiger partial charge < -0.3 is 4.74 Å². The molecule has 0 aromatic heterocycles. The van der Waals surface area contributed by atoms with E-state index in [1.807, 2.05) is 0 Å². The number of esters is 1. The molecular formula is C13H16FNO6S. The Labute approximate surface area is 127 Å². The van der Waals surface area contributed by atoms with Gasteiger partial charge in [-0.15, -0.1) is 0 Å². The molecular weight excluding hydrogens is 317 g/mol. The minimum Gasteiger partial charge on any atom is -0.456 e. The number of carbonyl (C=O) groups excluding carboxylic acids is 1. The standard InChI is InChI=1S/C13H16FNO6S/c1-5-22(19,20)11-7-10(15(17)18)8(6-9(11)14)12(16)21-13(2,3)4/h6-7H,5H2,1-4H3. The van der Waals surface area contributed by atoms with Crippen molar-refractivity contribution in [1.82, 2.24) is 0 Å². The van der Waals surface area contributed by atoms with E-state index in [4.69, 9.17) is 4.74 Å². The zero-order chi connectivity index (χ0) is 17.3. The molecule has 0 radical (unpaired) electrons. The third-order valence-corrected chi connectivity index (χ3v) is 4.32. The van der Waals surface area contributed by atoms with Crippen LogP contribution in [-0.4, -0.2) is 30.7 Å². The van der Waals surface area contributed by atoms with Gasteiger partial charge in [0.15, 0.2) is 9.84 Å². The van der Waals surface area contributed by atoms with Crippen LogP contribution in [0.2, 0.25) is 0 Å². The first-order valence-corrected chi connectivity index (χ1v) is 7.98. The Morgan fingerprint density at radius 1 is 1.36 bits per heavy atom. The molecule has 0 amide bonds. The van der Waals surface area contributed by atoms with Crippen LogP contribution in [0.4, 0.5) is 10.1 Å². The molecule has 0 heterocycles. The predicted molar refractivity (Wildman–Crippen MR) is 75.9 cm³/mol. The Morgan fingerprint density at radius 2 is 1.91 bits per heavy atom. The second-order valence-corrected chi connectivity index (χ2v) is 7.71. The summed E-state index contributed by atoms with van der Waals surface area (Å²) < 4.78 is 42.4. The number of nitro groups is 1. The molecule has 122 valence electrons. The van der Waals surface area contributed by atoms with Crippen molar-refractivity contribution < 1.29 is 27.3 Å². The van der Waals surface area contributed by atoms with Crippen molar-refractivity contribution >= 4 is 21.5 Å². The highest BCUT2D eigenvalue weighted by Crippen LogP contribution is 2.28. The van der Waals surface area contributed by atoms with Crippen molar-refractivity contribution in [3.63, 3.8) is 0 Å². The molecule has 0 fully saturated rings. The number of ether oxygens (including phenoxy) is 1. The van der Waals surface area contributed by atoms with Crippen molar-refractivity contribution in [2.75, 3.05) is 5.75 Å². The van der Waals surface area contributed by atoms with Gasteiger partial charge in [-0.05, 0) is 26.8 Å². The molecule has 0 atom stereocenters. The monoisotopic (exact) mass is 333 g/mol. The van der Waals surface area contributed by atoms with Gasteiger partial charge in [-0.1, -0.05) is 6.92 Å². The minimum absolute atomic E-state index is 0.424. The Kier molecular flexibility index (Phi) is 4.91. The molecule has 1 aromatic carbocycles. The van der Waals surface area contributed by atoms with E-state index in [2.05, 4.69) is 0 Å². The van der Waals surface area contributed by atoms with Crippen molar-refractivity contribution in [3.8, 4) is 0 Å². The summed E-state index contributed by atoms with van der Waals surface area (Å²) in [4.78, 5) is 21.2. The van der Waals surface area contributed by atoms with Crippen LogP contribution in [0.1, 0.15) is 38.1 Å². The first-order chi connectivity index (χ1) is 9.89. The van der Waals surface area contributed by atoms with E-state index >= 15 is 0 Å². The van der Waals surface area contributed by atoms with Crippen LogP contribution in [0, 0.1) is 15.9 Å². The largest absolute Gasteiger partial charge is 0.456 e. The molecule has 0 saturated heterocycles. The second-order valence-electron chi connectivity index (χ2n) is 5.46. The van der Waals surface area contributed by atoms with E-state index in [0.29, 0.717) is 12.1 Å². The maximum atomic E-state index is 14.0. The third kappa shape index (κ3) is 4.00. The second kappa shape index (κ2) is 5.99. The van der Waals surface area contributed by atoms with Crippen molar-refractivity contribution in [1.29, 1.82) is 0 Å². The molecule has 22 heavy (non-hydrogen) atoms. The maximum Gasteiger partial charge on any atom is 0.345 e. The first kappa shape index (κ1) is 18.0. The fraction of sp³-hybridized carbons (Fsp3) is 0.462. The lowest BCUT2D eigenvalue weighted by Crippen LogP contribution is -2.24. The van der Waals surface area contributed by atoms with Crippen LogP contribution < -0.4 is 0 Å². The molecule has 1 rings (SSSR count). The van der Waals surface area contributed by atoms with Gasteiger partial charge in [0.1, 0.15) is 21.9 Å². The molecule has 1 aromatic rings. The van der Waals surface area contributed by atoms with Gasteiger partial charge in [-0.3, -0.25) is 10.1 Å². The number of rotatable bonds is 4. The Morgan fingerprint density at radius 3 is 2.32 bits per heavy atom. The molecule has 9 heteroatoms. The number of nitrogens with zero attached hydrogens (tertiary/aromatic N) is 1. The Bertz CT molecular complexity index is 721. The fourth-order valence-corrected chi connectivity index (χ4v) is 2.54. The lowest BCUT2D eigenvalue weighted by Gasteiger charge is -2.19. The van der Waals surface area contributed by atoms with Crippen LogP contribution >= 0.6 is 0 Å². The van der Waals surface area contributed by atoms with Crippen molar-refractivity contribution in [2.45, 2.75) is 38.2 Å². The molecule has 0 N–H and O–H groups in total. The molecule has 0 aliphatic rings. The Balaban J connectivity index is 3.53. The quantitative estimate of drug-likeness (QED) is 0.476. The first-order valence-electron chi connectivity index (χ1n) is 6.33. The summed E-state index contributed by atoms with van der Waals surface area (Å²) in [6.45, 7) is 5.91. The van der Waals surface area contributed by atoms with Gasteiger partial charge in [0.25, 0.3) is 5.69 Å². The molecule has 0 aliphatic heterocycles. The Hall–Kier alpha value is -2.03. The number of carbonyl (C=O) groups is 1. The average molecular weight is 333 g/mol. The molecule has 0 unspecified atom stereocenters. The number of nitro benzene ring substituents is 1. The zero-order valence-electron chi connectivity index (χ0n) is 12.5. The summed E-state index contributed by atoms with van der Waals surface area (Å²) in [6, 6.07) is 1.07. The highest BCUT2D eigenvalue weighted by molar-refractivity contribution is 7.91. The number of benzene rings is 1. The minimum atomic E-state index is -3.99. The summed E-state index contributed by atoms with van der Waals surface area (Å²) in [5.41, 5.74) is -2.38. The number of hydrogen-bond donors (Lipinski definition) is 0. The smallest absolute Gasteiger partial charge is 0.345 e. The number of sulfone groups is 1. The highest BCUT2D eigenvalue weighted by Gasteiger charge is 2.30. The van der Waals surface area contributed by atoms with Crippen molar-refractivity contribution in [2.24, 2.45) is 0 Å². The van der Waals surface area contributed by atoms with Crippen LogP contribution in [0.5, 0.6) is 0 Å². The van der Waals surface area contributed by atoms with E-state index in [1.54, 1.807) is 20.8 Å². The highest BCUT2D eigenvalue weighted by atomic mass is 32.2. The van der Waals surface area contributed by atoms with Crippen LogP contribution in [0.15, 0.2) is 17.0 Å². The lowest BCUT2D eigenvalue weighted by atomic mass is 10.1.